The lowest BCUT2D eigenvalue weighted by molar-refractivity contribution is 0.0992. The van der Waals surface area contributed by atoms with E-state index in [2.05, 4.69) is 0 Å². The molecule has 0 aliphatic heterocycles. The Morgan fingerprint density at radius 2 is 1.89 bits per heavy atom. The molecule has 0 saturated carbocycles. The molecule has 0 bridgehead atoms. The summed E-state index contributed by atoms with van der Waals surface area (Å²) in [4.78, 5) is 12.2. The molecule has 0 atom stereocenters. The molecule has 0 heterocycles. The summed E-state index contributed by atoms with van der Waals surface area (Å²) in [6.07, 6.45) is 0.420. The van der Waals surface area contributed by atoms with Crippen LogP contribution in [0, 0.1) is 13.8 Å². The van der Waals surface area contributed by atoms with Crippen molar-refractivity contribution in [2.24, 2.45) is 0 Å². The van der Waals surface area contributed by atoms with Crippen molar-refractivity contribution >= 4 is 17.4 Å². The Labute approximate surface area is 112 Å². The van der Waals surface area contributed by atoms with Crippen LogP contribution in [-0.4, -0.2) is 5.78 Å². The zero-order valence-corrected chi connectivity index (χ0v) is 11.3. The maximum absolute atomic E-state index is 12.2. The van der Waals surface area contributed by atoms with Gasteiger partial charge in [0.15, 0.2) is 5.78 Å². The molecular weight excluding hydrogens is 244 g/mol. The number of ketones is 1. The second-order valence-electron chi connectivity index (χ2n) is 4.55. The second kappa shape index (κ2) is 5.36. The highest BCUT2D eigenvalue weighted by Crippen LogP contribution is 2.18. The number of carbonyl (C=O) groups is 1. The first-order chi connectivity index (χ1) is 8.56. The summed E-state index contributed by atoms with van der Waals surface area (Å²) in [7, 11) is 0. The van der Waals surface area contributed by atoms with E-state index in [1.807, 2.05) is 44.2 Å². The summed E-state index contributed by atoms with van der Waals surface area (Å²) in [6, 6.07) is 13.4. The van der Waals surface area contributed by atoms with Crippen LogP contribution in [0.3, 0.4) is 0 Å². The molecule has 2 rings (SSSR count). The molecule has 0 aliphatic rings. The minimum Gasteiger partial charge on any atom is -0.294 e. The first-order valence-electron chi connectivity index (χ1n) is 5.91. The van der Waals surface area contributed by atoms with Crippen LogP contribution < -0.4 is 0 Å². The Kier molecular flexibility index (Phi) is 3.83. The zero-order chi connectivity index (χ0) is 13.1. The molecule has 2 aromatic carbocycles. The minimum absolute atomic E-state index is 0.112. The predicted octanol–water partition coefficient (Wildman–Crippen LogP) is 4.38. The van der Waals surface area contributed by atoms with Gasteiger partial charge in [-0.2, -0.15) is 0 Å². The van der Waals surface area contributed by atoms with Gasteiger partial charge in [0.25, 0.3) is 0 Å². The van der Waals surface area contributed by atoms with Crippen LogP contribution >= 0.6 is 11.6 Å². The largest absolute Gasteiger partial charge is 0.294 e. The quantitative estimate of drug-likeness (QED) is 0.747. The van der Waals surface area contributed by atoms with Crippen molar-refractivity contribution in [2.75, 3.05) is 0 Å². The van der Waals surface area contributed by atoms with Crippen LogP contribution in [0.15, 0.2) is 42.5 Å². The predicted molar refractivity (Wildman–Crippen MR) is 75.4 cm³/mol. The summed E-state index contributed by atoms with van der Waals surface area (Å²) in [5, 5.41) is 0.605. The van der Waals surface area contributed by atoms with Crippen LogP contribution in [0.1, 0.15) is 27.0 Å². The molecule has 0 aromatic heterocycles. The van der Waals surface area contributed by atoms with Gasteiger partial charge in [-0.1, -0.05) is 47.5 Å². The van der Waals surface area contributed by atoms with Crippen molar-refractivity contribution in [3.8, 4) is 0 Å². The smallest absolute Gasteiger partial charge is 0.167 e. The van der Waals surface area contributed by atoms with Gasteiger partial charge in [-0.05, 0) is 37.1 Å². The van der Waals surface area contributed by atoms with Crippen LogP contribution in [0.25, 0.3) is 0 Å². The molecule has 18 heavy (non-hydrogen) atoms. The van der Waals surface area contributed by atoms with Gasteiger partial charge in [-0.15, -0.1) is 0 Å². The van der Waals surface area contributed by atoms with Crippen molar-refractivity contribution in [2.45, 2.75) is 20.3 Å². The first kappa shape index (κ1) is 12.8. The van der Waals surface area contributed by atoms with E-state index in [0.717, 1.165) is 11.1 Å². The summed E-state index contributed by atoms with van der Waals surface area (Å²) in [5.41, 5.74) is 3.89. The highest BCUT2D eigenvalue weighted by Gasteiger charge is 2.10. The number of Topliss-reactive ketones (excluding diaryl/α,β-unsaturated/α-hetero) is 1. The maximum Gasteiger partial charge on any atom is 0.167 e. The molecular formula is C16H15ClO. The highest BCUT2D eigenvalue weighted by atomic mass is 35.5. The van der Waals surface area contributed by atoms with Crippen molar-refractivity contribution < 1.29 is 4.79 Å². The Balaban J connectivity index is 2.24. The maximum atomic E-state index is 12.2. The van der Waals surface area contributed by atoms with E-state index in [1.54, 1.807) is 12.1 Å². The lowest BCUT2D eigenvalue weighted by Gasteiger charge is -2.06. The molecule has 92 valence electrons. The standard InChI is InChI=1S/C16H15ClO/c1-11-4-3-5-13(8-11)9-16(18)15-10-14(17)7-6-12(15)2/h3-8,10H,9H2,1-2H3. The van der Waals surface area contributed by atoms with Gasteiger partial charge < -0.3 is 0 Å². The van der Waals surface area contributed by atoms with Crippen molar-refractivity contribution in [3.63, 3.8) is 0 Å². The Bertz CT molecular complexity index is 587. The van der Waals surface area contributed by atoms with Gasteiger partial charge in [0.05, 0.1) is 0 Å². The number of carbonyl (C=O) groups excluding carboxylic acids is 1. The Hall–Kier alpha value is -1.60. The number of halogens is 1. The van der Waals surface area contributed by atoms with Crippen LogP contribution in [0.5, 0.6) is 0 Å². The normalized spacial score (nSPS) is 10.4. The lowest BCUT2D eigenvalue weighted by Crippen LogP contribution is -2.05. The number of hydrogen-bond acceptors (Lipinski definition) is 1. The van der Waals surface area contributed by atoms with E-state index in [1.165, 1.54) is 5.56 Å². The zero-order valence-electron chi connectivity index (χ0n) is 10.5. The monoisotopic (exact) mass is 258 g/mol. The summed E-state index contributed by atoms with van der Waals surface area (Å²) in [5.74, 6) is 0.112. The third kappa shape index (κ3) is 2.99. The average molecular weight is 259 g/mol. The second-order valence-corrected chi connectivity index (χ2v) is 4.98. The Morgan fingerprint density at radius 3 is 2.61 bits per heavy atom. The van der Waals surface area contributed by atoms with Crippen molar-refractivity contribution in [3.05, 3.63) is 69.7 Å². The fourth-order valence-corrected chi connectivity index (χ4v) is 2.17. The summed E-state index contributed by atoms with van der Waals surface area (Å²) >= 11 is 5.94. The lowest BCUT2D eigenvalue weighted by atomic mass is 9.98. The number of rotatable bonds is 3. The van der Waals surface area contributed by atoms with Crippen LogP contribution in [0.2, 0.25) is 5.02 Å². The molecule has 0 aliphatic carbocycles. The average Bonchev–Trinajstić information content (AvgIpc) is 2.32. The molecule has 0 N–H and O–H groups in total. The van der Waals surface area contributed by atoms with Gasteiger partial charge in [0.1, 0.15) is 0 Å². The third-order valence-electron chi connectivity index (χ3n) is 2.95. The topological polar surface area (TPSA) is 17.1 Å². The van der Waals surface area contributed by atoms with Crippen molar-refractivity contribution in [1.29, 1.82) is 0 Å². The first-order valence-corrected chi connectivity index (χ1v) is 6.29. The van der Waals surface area contributed by atoms with Gasteiger partial charge in [-0.3, -0.25) is 4.79 Å². The Morgan fingerprint density at radius 1 is 1.11 bits per heavy atom. The number of aryl methyl sites for hydroxylation is 2. The SMILES string of the molecule is Cc1cccc(CC(=O)c2cc(Cl)ccc2C)c1. The van der Waals surface area contributed by atoms with E-state index in [0.29, 0.717) is 17.0 Å². The molecule has 0 unspecified atom stereocenters. The molecule has 0 saturated heterocycles. The molecule has 0 amide bonds. The van der Waals surface area contributed by atoms with Crippen LogP contribution in [0.4, 0.5) is 0 Å². The summed E-state index contributed by atoms with van der Waals surface area (Å²) < 4.78 is 0. The molecule has 2 heteroatoms. The fraction of sp³-hybridized carbons (Fsp3) is 0.188. The molecule has 0 radical (unpaired) electrons. The molecule has 2 aromatic rings. The number of hydrogen-bond donors (Lipinski definition) is 0. The van der Waals surface area contributed by atoms with Crippen LogP contribution in [-0.2, 0) is 6.42 Å². The van der Waals surface area contributed by atoms with E-state index >= 15 is 0 Å². The third-order valence-corrected chi connectivity index (χ3v) is 3.18. The minimum atomic E-state index is 0.112. The van der Waals surface area contributed by atoms with E-state index in [4.69, 9.17) is 11.6 Å². The van der Waals surface area contributed by atoms with Gasteiger partial charge in [0.2, 0.25) is 0 Å². The fourth-order valence-electron chi connectivity index (χ4n) is 2.00. The van der Waals surface area contributed by atoms with Crippen molar-refractivity contribution in [1.82, 2.24) is 0 Å². The van der Waals surface area contributed by atoms with Gasteiger partial charge in [0, 0.05) is 17.0 Å². The van der Waals surface area contributed by atoms with E-state index in [9.17, 15) is 4.79 Å². The van der Waals surface area contributed by atoms with E-state index in [-0.39, 0.29) is 5.78 Å². The number of benzene rings is 2. The molecule has 0 fully saturated rings. The summed E-state index contributed by atoms with van der Waals surface area (Å²) in [6.45, 7) is 3.96. The molecule has 1 nitrogen and oxygen atoms in total. The van der Waals surface area contributed by atoms with Gasteiger partial charge in [-0.25, -0.2) is 0 Å². The highest BCUT2D eigenvalue weighted by molar-refractivity contribution is 6.31. The van der Waals surface area contributed by atoms with E-state index < -0.39 is 0 Å². The molecule has 0 spiro atoms. The van der Waals surface area contributed by atoms with Gasteiger partial charge >= 0.3 is 0 Å².